The second-order valence-electron chi connectivity index (χ2n) is 9.14. The van der Waals surface area contributed by atoms with Crippen molar-refractivity contribution in [3.63, 3.8) is 0 Å². The lowest BCUT2D eigenvalue weighted by atomic mass is 9.91. The molecule has 2 saturated heterocycles. The van der Waals surface area contributed by atoms with E-state index in [2.05, 4.69) is 39.8 Å². The molecule has 2 aromatic rings. The Labute approximate surface area is 195 Å². The van der Waals surface area contributed by atoms with Crippen LogP contribution in [0.1, 0.15) is 49.9 Å². The first kappa shape index (κ1) is 23.1. The van der Waals surface area contributed by atoms with Gasteiger partial charge in [-0.1, -0.05) is 30.3 Å². The molecule has 1 aromatic carbocycles. The summed E-state index contributed by atoms with van der Waals surface area (Å²) in [4.78, 5) is 13.8. The van der Waals surface area contributed by atoms with Gasteiger partial charge in [0.25, 0.3) is 0 Å². The Bertz CT molecular complexity index is 928. The lowest BCUT2D eigenvalue weighted by molar-refractivity contribution is -0.118. The van der Waals surface area contributed by atoms with E-state index in [1.807, 2.05) is 4.68 Å². The Morgan fingerprint density at radius 3 is 2.62 bits per heavy atom. The van der Waals surface area contributed by atoms with Crippen molar-refractivity contribution in [2.45, 2.75) is 70.7 Å². The van der Waals surface area contributed by atoms with Gasteiger partial charge in [-0.05, 0) is 62.2 Å². The number of hydrogen-bond acceptors (Lipinski definition) is 5. The second kappa shape index (κ2) is 11.2. The van der Waals surface area contributed by atoms with Crippen LogP contribution in [0.5, 0.6) is 0 Å². The summed E-state index contributed by atoms with van der Waals surface area (Å²) in [6.45, 7) is 4.34. The Morgan fingerprint density at radius 2 is 1.94 bits per heavy atom. The van der Waals surface area contributed by atoms with E-state index >= 15 is 0 Å². The van der Waals surface area contributed by atoms with Gasteiger partial charge in [-0.3, -0.25) is 9.69 Å². The molecule has 1 amide bonds. The fourth-order valence-electron chi connectivity index (χ4n) is 4.79. The maximum Gasteiger partial charge on any atom is 0.217 e. The number of amides is 1. The standard InChI is InChI=1S/C24H35N5O2S/c25-22(30)10-11-23-26-29(24(32)28(23)17-21-7-4-16-31-21)18-27-14-12-20(13-15-27)9-8-19-5-2-1-3-6-19/h1-3,5-6,20-21H,4,7-18H2,(H2,25,30)/t21-/m0/s1. The Hall–Kier alpha value is -2.03. The third-order valence-electron chi connectivity index (χ3n) is 6.73. The molecule has 8 heteroatoms. The van der Waals surface area contributed by atoms with Crippen molar-refractivity contribution >= 4 is 18.1 Å². The number of piperidine rings is 1. The van der Waals surface area contributed by atoms with E-state index in [0.29, 0.717) is 24.4 Å². The predicted octanol–water partition coefficient (Wildman–Crippen LogP) is 3.31. The summed E-state index contributed by atoms with van der Waals surface area (Å²) in [6.07, 6.45) is 7.94. The highest BCUT2D eigenvalue weighted by Gasteiger charge is 2.23. The Morgan fingerprint density at radius 1 is 1.16 bits per heavy atom. The fraction of sp³-hybridized carbons (Fsp3) is 0.625. The number of hydrogen-bond donors (Lipinski definition) is 1. The smallest absolute Gasteiger partial charge is 0.217 e. The number of ether oxygens (including phenoxy) is 1. The van der Waals surface area contributed by atoms with Crippen LogP contribution in [0.3, 0.4) is 0 Å². The summed E-state index contributed by atoms with van der Waals surface area (Å²) in [7, 11) is 0. The average Bonchev–Trinajstić information content (AvgIpc) is 3.42. The summed E-state index contributed by atoms with van der Waals surface area (Å²) in [5.41, 5.74) is 6.81. The van der Waals surface area contributed by atoms with Gasteiger partial charge < -0.3 is 15.0 Å². The molecular formula is C24H35N5O2S. The van der Waals surface area contributed by atoms with Gasteiger partial charge in [0.2, 0.25) is 5.91 Å². The molecule has 0 radical (unpaired) electrons. The van der Waals surface area contributed by atoms with Crippen LogP contribution >= 0.6 is 12.2 Å². The molecule has 1 atom stereocenters. The minimum atomic E-state index is -0.313. The Kier molecular flexibility index (Phi) is 8.10. The van der Waals surface area contributed by atoms with Crippen molar-refractivity contribution in [2.75, 3.05) is 19.7 Å². The molecule has 32 heavy (non-hydrogen) atoms. The highest BCUT2D eigenvalue weighted by molar-refractivity contribution is 7.71. The number of benzene rings is 1. The molecule has 2 aliphatic heterocycles. The van der Waals surface area contributed by atoms with Crippen LogP contribution in [0.15, 0.2) is 30.3 Å². The maximum atomic E-state index is 11.3. The van der Waals surface area contributed by atoms with Crippen molar-refractivity contribution in [3.8, 4) is 0 Å². The third kappa shape index (κ3) is 6.27. The number of aromatic nitrogens is 3. The molecule has 4 rings (SSSR count). The summed E-state index contributed by atoms with van der Waals surface area (Å²) < 4.78 is 10.5. The molecule has 0 unspecified atom stereocenters. The molecule has 3 heterocycles. The van der Waals surface area contributed by atoms with Crippen molar-refractivity contribution in [1.29, 1.82) is 0 Å². The van der Waals surface area contributed by atoms with E-state index in [4.69, 9.17) is 27.8 Å². The number of aryl methyl sites for hydroxylation is 2. The highest BCUT2D eigenvalue weighted by atomic mass is 32.1. The van der Waals surface area contributed by atoms with Crippen molar-refractivity contribution < 1.29 is 9.53 Å². The quantitative estimate of drug-likeness (QED) is 0.554. The van der Waals surface area contributed by atoms with Crippen LogP contribution in [0.2, 0.25) is 0 Å². The number of carbonyl (C=O) groups is 1. The SMILES string of the molecule is NC(=O)CCc1nn(CN2CCC(CCc3ccccc3)CC2)c(=S)n1C[C@@H]1CCCO1. The van der Waals surface area contributed by atoms with E-state index in [1.165, 1.54) is 24.8 Å². The zero-order chi connectivity index (χ0) is 22.3. The van der Waals surface area contributed by atoms with E-state index < -0.39 is 0 Å². The molecule has 0 aliphatic carbocycles. The van der Waals surface area contributed by atoms with E-state index in [1.54, 1.807) is 0 Å². The van der Waals surface area contributed by atoms with Gasteiger partial charge in [-0.2, -0.15) is 5.10 Å². The van der Waals surface area contributed by atoms with Crippen LogP contribution in [0.4, 0.5) is 0 Å². The van der Waals surface area contributed by atoms with Crippen LogP contribution in [0.25, 0.3) is 0 Å². The minimum Gasteiger partial charge on any atom is -0.376 e. The molecule has 2 aliphatic rings. The molecule has 7 nitrogen and oxygen atoms in total. The molecule has 174 valence electrons. The van der Waals surface area contributed by atoms with E-state index in [0.717, 1.165) is 50.7 Å². The minimum absolute atomic E-state index is 0.173. The molecular weight excluding hydrogens is 422 g/mol. The molecule has 1 aromatic heterocycles. The van der Waals surface area contributed by atoms with Gasteiger partial charge in [0.15, 0.2) is 4.77 Å². The zero-order valence-corrected chi connectivity index (χ0v) is 19.6. The molecule has 0 saturated carbocycles. The first-order valence-electron chi connectivity index (χ1n) is 11.9. The normalized spacial score (nSPS) is 20.1. The molecule has 2 fully saturated rings. The predicted molar refractivity (Wildman–Crippen MR) is 127 cm³/mol. The van der Waals surface area contributed by atoms with E-state index in [-0.39, 0.29) is 18.4 Å². The highest BCUT2D eigenvalue weighted by Crippen LogP contribution is 2.23. The Balaban J connectivity index is 1.34. The van der Waals surface area contributed by atoms with Crippen LogP contribution in [0, 0.1) is 10.7 Å². The molecule has 0 bridgehead atoms. The number of primary amides is 1. The lowest BCUT2D eigenvalue weighted by Gasteiger charge is -2.31. The lowest BCUT2D eigenvalue weighted by Crippen LogP contribution is -2.35. The monoisotopic (exact) mass is 457 g/mol. The number of nitrogens with two attached hydrogens (primary N) is 1. The fourth-order valence-corrected chi connectivity index (χ4v) is 5.07. The second-order valence-corrected chi connectivity index (χ2v) is 9.50. The first-order valence-corrected chi connectivity index (χ1v) is 12.3. The topological polar surface area (TPSA) is 78.3 Å². The first-order chi connectivity index (χ1) is 15.6. The number of nitrogens with zero attached hydrogens (tertiary/aromatic N) is 4. The third-order valence-corrected chi connectivity index (χ3v) is 7.16. The van der Waals surface area contributed by atoms with Crippen molar-refractivity contribution in [1.82, 2.24) is 19.2 Å². The summed E-state index contributed by atoms with van der Waals surface area (Å²) in [5.74, 6) is 1.30. The number of rotatable bonds is 10. The van der Waals surface area contributed by atoms with E-state index in [9.17, 15) is 4.79 Å². The van der Waals surface area contributed by atoms with Crippen LogP contribution in [-0.4, -0.2) is 51.0 Å². The van der Waals surface area contributed by atoms with Gasteiger partial charge in [0.05, 0.1) is 19.3 Å². The van der Waals surface area contributed by atoms with Crippen molar-refractivity contribution in [3.05, 3.63) is 46.5 Å². The summed E-state index contributed by atoms with van der Waals surface area (Å²) in [5, 5.41) is 4.78. The largest absolute Gasteiger partial charge is 0.376 e. The molecule has 0 spiro atoms. The molecule has 2 N–H and O–H groups in total. The van der Waals surface area contributed by atoms with Crippen LogP contribution < -0.4 is 5.73 Å². The van der Waals surface area contributed by atoms with Crippen molar-refractivity contribution in [2.24, 2.45) is 11.7 Å². The van der Waals surface area contributed by atoms with Gasteiger partial charge in [0.1, 0.15) is 5.82 Å². The van der Waals surface area contributed by atoms with Gasteiger partial charge >= 0.3 is 0 Å². The summed E-state index contributed by atoms with van der Waals surface area (Å²) >= 11 is 5.78. The van der Waals surface area contributed by atoms with Gasteiger partial charge in [0, 0.05) is 32.5 Å². The van der Waals surface area contributed by atoms with Crippen LogP contribution in [-0.2, 0) is 35.6 Å². The maximum absolute atomic E-state index is 11.3. The summed E-state index contributed by atoms with van der Waals surface area (Å²) in [6, 6.07) is 10.8. The van der Waals surface area contributed by atoms with Gasteiger partial charge in [-0.25, -0.2) is 4.68 Å². The zero-order valence-electron chi connectivity index (χ0n) is 18.8. The average molecular weight is 458 g/mol. The number of likely N-dealkylation sites (tertiary alicyclic amines) is 1. The van der Waals surface area contributed by atoms with Gasteiger partial charge in [-0.15, -0.1) is 0 Å². The number of carbonyl (C=O) groups excluding carboxylic acids is 1.